The molecule has 0 aliphatic carbocycles. The molecule has 0 spiro atoms. The van der Waals surface area contributed by atoms with Crippen molar-refractivity contribution < 1.29 is 51.3 Å². The average molecular weight is 980 g/mol. The summed E-state index contributed by atoms with van der Waals surface area (Å²) < 4.78 is 52.8. The lowest BCUT2D eigenvalue weighted by molar-refractivity contribution is -0.175. The third-order valence-electron chi connectivity index (χ3n) is 12.4. The minimum absolute atomic E-state index is 0.108. The molecule has 19 nitrogen and oxygen atoms in total. The number of esters is 1. The normalized spacial score (nSPS) is 15.4. The quantitative estimate of drug-likeness (QED) is 0.0574. The fraction of sp³-hybridized carbons (Fsp3) is 0.380. The Morgan fingerprint density at radius 2 is 1.70 bits per heavy atom. The largest absolute Gasteiger partial charge is 0.510 e. The van der Waals surface area contributed by atoms with Gasteiger partial charge in [-0.1, -0.05) is 55.0 Å². The van der Waals surface area contributed by atoms with Crippen molar-refractivity contribution in [2.24, 2.45) is 11.5 Å². The zero-order valence-electron chi connectivity index (χ0n) is 39.4. The molecule has 0 bridgehead atoms. The first kappa shape index (κ1) is 50.9. The van der Waals surface area contributed by atoms with Crippen LogP contribution in [0.4, 0.5) is 10.5 Å². The van der Waals surface area contributed by atoms with E-state index in [1.807, 2.05) is 45.0 Å². The number of aromatic nitrogens is 2. The van der Waals surface area contributed by atoms with Gasteiger partial charge < -0.3 is 45.6 Å². The number of rotatable bonds is 21. The Bertz CT molecular complexity index is 2980. The van der Waals surface area contributed by atoms with Gasteiger partial charge >= 0.3 is 12.1 Å². The number of cyclic esters (lactones) is 1. The number of ether oxygens (including phenoxy) is 4. The van der Waals surface area contributed by atoms with Crippen LogP contribution in [0.3, 0.4) is 0 Å². The predicted molar refractivity (Wildman–Crippen MR) is 257 cm³/mol. The highest BCUT2D eigenvalue weighted by Gasteiger charge is 2.51. The van der Waals surface area contributed by atoms with Crippen molar-refractivity contribution in [3.05, 3.63) is 123 Å². The zero-order chi connectivity index (χ0) is 50.3. The number of unbranched alkanes of at least 4 members (excludes halogenated alkanes) is 1. The Morgan fingerprint density at radius 3 is 2.39 bits per heavy atom. The molecule has 4 heterocycles. The zero-order valence-corrected chi connectivity index (χ0v) is 40.3. The number of nitrogens with two attached hydrogens (primary N) is 2. The first-order valence-corrected chi connectivity index (χ1v) is 24.5. The molecule has 2 atom stereocenters. The van der Waals surface area contributed by atoms with Crippen LogP contribution in [0.1, 0.15) is 79.8 Å². The minimum Gasteiger partial charge on any atom is -0.457 e. The molecule has 3 aromatic carbocycles. The maximum atomic E-state index is 14.5. The van der Waals surface area contributed by atoms with Gasteiger partial charge in [0.25, 0.3) is 5.56 Å². The van der Waals surface area contributed by atoms with Gasteiger partial charge in [-0.15, -0.1) is 0 Å². The van der Waals surface area contributed by atoms with Crippen LogP contribution in [-0.2, 0) is 79.9 Å². The van der Waals surface area contributed by atoms with Crippen LogP contribution in [0, 0.1) is 6.92 Å². The van der Waals surface area contributed by atoms with E-state index in [0.717, 1.165) is 22.1 Å². The number of nitrogens with zero attached hydrogens (tertiary/aromatic N) is 3. The fourth-order valence-electron chi connectivity index (χ4n) is 8.75. The number of hydrogen-bond donors (Lipinski definition) is 4. The maximum Gasteiger partial charge on any atom is 0.510 e. The van der Waals surface area contributed by atoms with E-state index in [2.05, 4.69) is 10.6 Å². The number of nitrogens with one attached hydrogen (secondary N) is 2. The van der Waals surface area contributed by atoms with Crippen molar-refractivity contribution in [1.82, 2.24) is 19.2 Å². The van der Waals surface area contributed by atoms with Gasteiger partial charge in [0, 0.05) is 34.8 Å². The summed E-state index contributed by atoms with van der Waals surface area (Å²) in [5.41, 5.74) is 13.3. The Morgan fingerprint density at radius 1 is 0.971 bits per heavy atom. The number of hydrogen-bond acceptors (Lipinski definition) is 14. The second kappa shape index (κ2) is 21.7. The first-order chi connectivity index (χ1) is 33.5. The summed E-state index contributed by atoms with van der Waals surface area (Å²) in [5.74, 6) is -2.73. The van der Waals surface area contributed by atoms with Gasteiger partial charge in [0.1, 0.15) is 32.5 Å². The molecule has 0 fully saturated rings. The van der Waals surface area contributed by atoms with E-state index in [4.69, 9.17) is 35.4 Å². The smallest absolute Gasteiger partial charge is 0.457 e. The van der Waals surface area contributed by atoms with Gasteiger partial charge in [-0.2, -0.15) is 4.31 Å². The summed E-state index contributed by atoms with van der Waals surface area (Å²) in [5, 5.41) is 6.16. The van der Waals surface area contributed by atoms with E-state index in [9.17, 15) is 37.2 Å². The number of carbonyl (C=O) groups excluding carboxylic acids is 5. The lowest BCUT2D eigenvalue weighted by atomic mass is 9.85. The van der Waals surface area contributed by atoms with Crippen LogP contribution in [0.15, 0.2) is 88.6 Å². The highest BCUT2D eigenvalue weighted by Crippen LogP contribution is 2.42. The van der Waals surface area contributed by atoms with E-state index in [1.165, 1.54) is 4.31 Å². The standard InChI is InChI=1S/C50H57N7O12S/c1-5-50(69-49(63)68-26-32-15-17-33(18-16-32)53-46(60)41(12-8-9-22-51)54-44(59)29-66-28-43(52)58)39-24-42-45-37(25-56(42)47(61)38(39)27-67-48(50)62)35(36-10-6-7-11-40(36)55-45)21-23-57(30(2)3)70(64,65)34-19-13-31(4)14-20-34/h6-7,10-11,13-20,24,30,41H,5,8-9,12,21-23,25-29,51H2,1-4H3,(H2,52,58)(H,53,60)(H,54,59)/t41-,50-/m0/s1. The van der Waals surface area contributed by atoms with Crippen molar-refractivity contribution in [2.45, 2.75) is 102 Å². The third kappa shape index (κ3) is 10.9. The molecular weight excluding hydrogens is 923 g/mol. The molecule has 7 rings (SSSR count). The van der Waals surface area contributed by atoms with Crippen molar-refractivity contribution >= 4 is 56.5 Å². The van der Waals surface area contributed by atoms with Crippen molar-refractivity contribution in [1.29, 1.82) is 0 Å². The van der Waals surface area contributed by atoms with E-state index in [0.29, 0.717) is 60.4 Å². The average Bonchev–Trinajstić information content (AvgIpc) is 3.70. The number of aryl methyl sites for hydroxylation is 1. The summed E-state index contributed by atoms with van der Waals surface area (Å²) in [6.07, 6.45) is 0.460. The van der Waals surface area contributed by atoms with Gasteiger partial charge in [-0.05, 0) is 107 Å². The van der Waals surface area contributed by atoms with Gasteiger partial charge in [-0.3, -0.25) is 19.2 Å². The molecule has 2 aliphatic rings. The van der Waals surface area contributed by atoms with E-state index in [1.54, 1.807) is 66.1 Å². The highest BCUT2D eigenvalue weighted by atomic mass is 32.2. The Balaban J connectivity index is 1.09. The molecule has 20 heteroatoms. The van der Waals surface area contributed by atoms with Crippen molar-refractivity contribution in [2.75, 3.05) is 31.6 Å². The number of amides is 3. The predicted octanol–water partition coefficient (Wildman–Crippen LogP) is 4.45. The number of sulfonamides is 1. The van der Waals surface area contributed by atoms with E-state index >= 15 is 0 Å². The van der Waals surface area contributed by atoms with Crippen molar-refractivity contribution in [3.8, 4) is 11.4 Å². The molecule has 370 valence electrons. The number of fused-ring (bicyclic) bond motifs is 5. The van der Waals surface area contributed by atoms with Crippen LogP contribution >= 0.6 is 0 Å². The SMILES string of the molecule is CC[C@@]1(OC(=O)OCc2ccc(NC(=O)[C@H](CCCCN)NC(=O)COCC(N)=O)cc2)C(=O)OCc2c1cc1n(c2=O)Cc2c-1nc1ccccc1c2CCN(C(C)C)S(=O)(=O)c1ccc(C)cc1. The maximum absolute atomic E-state index is 14.5. The monoisotopic (exact) mass is 979 g/mol. The van der Waals surface area contributed by atoms with Crippen LogP contribution in [0.2, 0.25) is 0 Å². The van der Waals surface area contributed by atoms with Gasteiger partial charge in [0.05, 0.1) is 33.9 Å². The van der Waals surface area contributed by atoms with Crippen LogP contribution < -0.4 is 27.7 Å². The van der Waals surface area contributed by atoms with Crippen LogP contribution in [0.5, 0.6) is 0 Å². The Kier molecular flexibility index (Phi) is 15.8. The fourth-order valence-corrected chi connectivity index (χ4v) is 10.4. The topological polar surface area (TPSA) is 271 Å². The molecule has 6 N–H and O–H groups in total. The second-order valence-electron chi connectivity index (χ2n) is 17.5. The molecule has 2 aliphatic heterocycles. The molecule has 0 radical (unpaired) electrons. The summed E-state index contributed by atoms with van der Waals surface area (Å²) >= 11 is 0. The van der Waals surface area contributed by atoms with E-state index < -0.39 is 70.3 Å². The number of carbonyl (C=O) groups is 5. The van der Waals surface area contributed by atoms with Crippen molar-refractivity contribution in [3.63, 3.8) is 0 Å². The summed E-state index contributed by atoms with van der Waals surface area (Å²) in [4.78, 5) is 83.5. The number of primary amides is 1. The Hall–Kier alpha value is -7.00. The summed E-state index contributed by atoms with van der Waals surface area (Å²) in [6, 6.07) is 20.9. The van der Waals surface area contributed by atoms with E-state index in [-0.39, 0.29) is 54.8 Å². The lowest BCUT2D eigenvalue weighted by Crippen LogP contribution is -2.47. The molecule has 0 saturated carbocycles. The molecule has 5 aromatic rings. The molecule has 0 saturated heterocycles. The molecule has 70 heavy (non-hydrogen) atoms. The number of para-hydroxylation sites is 1. The minimum atomic E-state index is -3.87. The Labute approximate surface area is 404 Å². The first-order valence-electron chi connectivity index (χ1n) is 23.0. The summed E-state index contributed by atoms with van der Waals surface area (Å²) in [6.45, 7) is 6.27. The van der Waals surface area contributed by atoms with Gasteiger partial charge in [0.2, 0.25) is 33.3 Å². The molecular formula is C50H57N7O12S. The van der Waals surface area contributed by atoms with Gasteiger partial charge in [-0.25, -0.2) is 23.0 Å². The number of benzene rings is 3. The lowest BCUT2D eigenvalue weighted by Gasteiger charge is -2.35. The second-order valence-corrected chi connectivity index (χ2v) is 19.4. The summed E-state index contributed by atoms with van der Waals surface area (Å²) in [7, 11) is -3.87. The number of anilines is 1. The molecule has 2 aromatic heterocycles. The highest BCUT2D eigenvalue weighted by molar-refractivity contribution is 7.89. The number of pyridine rings is 2. The third-order valence-corrected chi connectivity index (χ3v) is 14.5. The molecule has 0 unspecified atom stereocenters. The van der Waals surface area contributed by atoms with Crippen LogP contribution in [-0.4, -0.2) is 90.5 Å². The van der Waals surface area contributed by atoms with Crippen LogP contribution in [0.25, 0.3) is 22.3 Å². The van der Waals surface area contributed by atoms with Gasteiger partial charge in [0.15, 0.2) is 0 Å². The molecule has 3 amide bonds.